The zero-order valence-corrected chi connectivity index (χ0v) is 17.0. The smallest absolute Gasteiger partial charge is 0.354 e. The maximum absolute atomic E-state index is 13.2. The van der Waals surface area contributed by atoms with Crippen molar-refractivity contribution in [3.63, 3.8) is 0 Å². The Morgan fingerprint density at radius 2 is 1.69 bits per heavy atom. The molecule has 5 nitrogen and oxygen atoms in total. The third-order valence-corrected chi connectivity index (χ3v) is 4.30. The Morgan fingerprint density at radius 3 is 2.24 bits per heavy atom. The lowest BCUT2D eigenvalue weighted by molar-refractivity contribution is -0.141. The Morgan fingerprint density at radius 1 is 1.00 bits per heavy atom. The van der Waals surface area contributed by atoms with Gasteiger partial charge in [0.2, 0.25) is 5.95 Å². The van der Waals surface area contributed by atoms with E-state index in [0.29, 0.717) is 19.0 Å². The van der Waals surface area contributed by atoms with Crippen LogP contribution in [0.1, 0.15) is 17.7 Å². The van der Waals surface area contributed by atoms with Gasteiger partial charge in [-0.2, -0.15) is 31.3 Å². The first-order valence-electron chi connectivity index (χ1n) is 8.35. The normalized spacial score (nSPS) is 12.3. The van der Waals surface area contributed by atoms with E-state index < -0.39 is 23.6 Å². The number of aromatic nitrogens is 2. The fourth-order valence-electron chi connectivity index (χ4n) is 2.26. The number of hydrogen-bond acceptors (Lipinski definition) is 5. The Bertz CT molecular complexity index is 838. The van der Waals surface area contributed by atoms with Crippen LogP contribution < -0.4 is 10.6 Å². The lowest BCUT2D eigenvalue weighted by atomic mass is 10.2. The summed E-state index contributed by atoms with van der Waals surface area (Å²) in [7, 11) is 3.73. The van der Waals surface area contributed by atoms with Gasteiger partial charge in [0.1, 0.15) is 5.82 Å². The van der Waals surface area contributed by atoms with Crippen LogP contribution in [0.25, 0.3) is 0 Å². The van der Waals surface area contributed by atoms with Crippen molar-refractivity contribution in [2.24, 2.45) is 0 Å². The quantitative estimate of drug-likeness (QED) is 0.407. The zero-order valence-electron chi connectivity index (χ0n) is 15.4. The molecule has 0 saturated heterocycles. The molecule has 0 saturated carbocycles. The molecule has 12 heteroatoms. The number of benzene rings is 1. The summed E-state index contributed by atoms with van der Waals surface area (Å²) in [5.41, 5.74) is -1.94. The topological polar surface area (TPSA) is 53.1 Å². The number of anilines is 3. The Balaban J connectivity index is 2.26. The summed E-state index contributed by atoms with van der Waals surface area (Å²) in [6, 6.07) is 3.44. The third kappa shape index (κ3) is 7.03. The standard InChI is InChI=1S/C17H18BrF6N5/c1-29(2)7-3-6-25-15-27-13(17(22,23)24)9-14(28-15)26-12-5-4-10(8-11(12)18)16(19,20)21/h4-5,8-9H,3,6-7H2,1-2H3,(H2,25,26,27,28). The molecule has 0 aliphatic heterocycles. The fraction of sp³-hybridized carbons (Fsp3) is 0.412. The average Bonchev–Trinajstić information content (AvgIpc) is 2.58. The molecule has 1 aromatic heterocycles. The Kier molecular flexibility index (Phi) is 7.33. The highest BCUT2D eigenvalue weighted by molar-refractivity contribution is 9.10. The van der Waals surface area contributed by atoms with Crippen molar-refractivity contribution in [1.82, 2.24) is 14.9 Å². The average molecular weight is 486 g/mol. The van der Waals surface area contributed by atoms with Crippen LogP contribution in [0.15, 0.2) is 28.7 Å². The molecule has 2 rings (SSSR count). The van der Waals surface area contributed by atoms with Crippen molar-refractivity contribution in [2.45, 2.75) is 18.8 Å². The molecule has 0 spiro atoms. The second-order valence-electron chi connectivity index (χ2n) is 6.36. The van der Waals surface area contributed by atoms with Crippen LogP contribution in [0.5, 0.6) is 0 Å². The first-order valence-corrected chi connectivity index (χ1v) is 9.14. The van der Waals surface area contributed by atoms with Crippen LogP contribution in [-0.2, 0) is 12.4 Å². The number of halogens is 7. The molecule has 1 heterocycles. The van der Waals surface area contributed by atoms with E-state index >= 15 is 0 Å². The summed E-state index contributed by atoms with van der Waals surface area (Å²) in [4.78, 5) is 9.37. The van der Waals surface area contributed by atoms with Crippen LogP contribution in [0, 0.1) is 0 Å². The number of nitrogens with zero attached hydrogens (tertiary/aromatic N) is 3. The summed E-state index contributed by atoms with van der Waals surface area (Å²) >= 11 is 2.99. The molecule has 0 amide bonds. The summed E-state index contributed by atoms with van der Waals surface area (Å²) in [5.74, 6) is -0.438. The van der Waals surface area contributed by atoms with Gasteiger partial charge in [-0.25, -0.2) is 4.98 Å². The molecule has 160 valence electrons. The van der Waals surface area contributed by atoms with Crippen LogP contribution in [-0.4, -0.2) is 42.1 Å². The molecule has 0 aliphatic rings. The molecule has 0 bridgehead atoms. The fourth-order valence-corrected chi connectivity index (χ4v) is 2.74. The summed E-state index contributed by atoms with van der Waals surface area (Å²) in [5, 5.41) is 5.33. The molecule has 0 radical (unpaired) electrons. The second kappa shape index (κ2) is 9.16. The SMILES string of the molecule is CN(C)CCCNc1nc(Nc2ccc(C(F)(F)F)cc2Br)cc(C(F)(F)F)n1. The van der Waals surface area contributed by atoms with E-state index in [9.17, 15) is 26.3 Å². The Labute approximate surface area is 171 Å². The minimum atomic E-state index is -4.71. The van der Waals surface area contributed by atoms with E-state index in [2.05, 4.69) is 36.5 Å². The predicted molar refractivity (Wildman–Crippen MR) is 101 cm³/mol. The van der Waals surface area contributed by atoms with E-state index in [1.54, 1.807) is 0 Å². The van der Waals surface area contributed by atoms with Gasteiger partial charge in [-0.1, -0.05) is 0 Å². The van der Waals surface area contributed by atoms with Gasteiger partial charge in [-0.3, -0.25) is 0 Å². The Hall–Kier alpha value is -2.08. The highest BCUT2D eigenvalue weighted by Gasteiger charge is 2.34. The summed E-state index contributed by atoms with van der Waals surface area (Å²) < 4.78 is 77.8. The van der Waals surface area contributed by atoms with Crippen molar-refractivity contribution in [3.05, 3.63) is 40.0 Å². The molecule has 0 fully saturated rings. The summed E-state index contributed by atoms with van der Waals surface area (Å²) in [6.07, 6.45) is -8.60. The number of nitrogens with one attached hydrogen (secondary N) is 2. The van der Waals surface area contributed by atoms with E-state index in [4.69, 9.17) is 0 Å². The zero-order chi connectivity index (χ0) is 21.8. The van der Waals surface area contributed by atoms with Gasteiger partial charge in [-0.15, -0.1) is 0 Å². The predicted octanol–water partition coefficient (Wildman–Crippen LogP) is 5.38. The molecule has 0 aliphatic carbocycles. The number of hydrogen-bond donors (Lipinski definition) is 2. The molecule has 2 aromatic rings. The lowest BCUT2D eigenvalue weighted by Gasteiger charge is -2.15. The van der Waals surface area contributed by atoms with Gasteiger partial charge in [0.05, 0.1) is 11.3 Å². The molecule has 2 N–H and O–H groups in total. The van der Waals surface area contributed by atoms with Gasteiger partial charge in [0.25, 0.3) is 0 Å². The highest BCUT2D eigenvalue weighted by atomic mass is 79.9. The lowest BCUT2D eigenvalue weighted by Crippen LogP contribution is -2.18. The number of alkyl halides is 6. The van der Waals surface area contributed by atoms with Crippen molar-refractivity contribution >= 4 is 33.4 Å². The number of rotatable bonds is 7. The maximum Gasteiger partial charge on any atom is 0.433 e. The van der Waals surface area contributed by atoms with Gasteiger partial charge < -0.3 is 15.5 Å². The van der Waals surface area contributed by atoms with Crippen molar-refractivity contribution < 1.29 is 26.3 Å². The van der Waals surface area contributed by atoms with Gasteiger partial charge in [0.15, 0.2) is 5.69 Å². The second-order valence-corrected chi connectivity index (χ2v) is 7.22. The van der Waals surface area contributed by atoms with Crippen LogP contribution in [0.4, 0.5) is 43.8 Å². The minimum Gasteiger partial charge on any atom is -0.354 e. The molecule has 29 heavy (non-hydrogen) atoms. The van der Waals surface area contributed by atoms with Gasteiger partial charge >= 0.3 is 12.4 Å². The van der Waals surface area contributed by atoms with E-state index in [0.717, 1.165) is 24.7 Å². The van der Waals surface area contributed by atoms with Crippen molar-refractivity contribution in [2.75, 3.05) is 37.8 Å². The van der Waals surface area contributed by atoms with Crippen LogP contribution >= 0.6 is 15.9 Å². The molecular formula is C17H18BrF6N5. The summed E-state index contributed by atoms with van der Waals surface area (Å²) in [6.45, 7) is 1.07. The molecule has 0 unspecified atom stereocenters. The van der Waals surface area contributed by atoms with E-state index in [1.165, 1.54) is 0 Å². The first-order chi connectivity index (χ1) is 13.4. The van der Waals surface area contributed by atoms with Crippen LogP contribution in [0.3, 0.4) is 0 Å². The highest BCUT2D eigenvalue weighted by Crippen LogP contribution is 2.35. The minimum absolute atomic E-state index is 0.0278. The maximum atomic E-state index is 13.2. The van der Waals surface area contributed by atoms with Crippen molar-refractivity contribution in [3.8, 4) is 0 Å². The van der Waals surface area contributed by atoms with Gasteiger partial charge in [-0.05, 0) is 61.2 Å². The van der Waals surface area contributed by atoms with E-state index in [-0.39, 0.29) is 21.9 Å². The van der Waals surface area contributed by atoms with Gasteiger partial charge in [0, 0.05) is 17.1 Å². The monoisotopic (exact) mass is 485 g/mol. The molecule has 0 atom stereocenters. The first kappa shape index (κ1) is 23.2. The largest absolute Gasteiger partial charge is 0.433 e. The van der Waals surface area contributed by atoms with Crippen molar-refractivity contribution in [1.29, 1.82) is 0 Å². The molecule has 1 aromatic carbocycles. The van der Waals surface area contributed by atoms with E-state index in [1.807, 2.05) is 19.0 Å². The molecular weight excluding hydrogens is 468 g/mol. The third-order valence-electron chi connectivity index (χ3n) is 3.64. The van der Waals surface area contributed by atoms with Crippen LogP contribution in [0.2, 0.25) is 0 Å².